The van der Waals surface area contributed by atoms with Crippen LogP contribution in [0.25, 0.3) is 10.9 Å². The Kier molecular flexibility index (Phi) is 5.94. The van der Waals surface area contributed by atoms with Crippen LogP contribution in [0.2, 0.25) is 5.02 Å². The number of aromatic carboxylic acids is 1. The molecule has 29 heavy (non-hydrogen) atoms. The minimum Gasteiger partial charge on any atom is -0.544 e. The summed E-state index contributed by atoms with van der Waals surface area (Å²) in [5.74, 6) is -0.493. The van der Waals surface area contributed by atoms with Crippen molar-refractivity contribution in [2.24, 2.45) is 4.99 Å². The van der Waals surface area contributed by atoms with Crippen molar-refractivity contribution in [3.8, 4) is 0 Å². The SMILES string of the molecule is O=C([O-])c1sccc1N=Cc1cc2ccccc2nc1SCc1ccc(Cl)cc1. The van der Waals surface area contributed by atoms with Gasteiger partial charge in [-0.3, -0.25) is 4.99 Å². The van der Waals surface area contributed by atoms with Crippen molar-refractivity contribution in [3.05, 3.63) is 87.1 Å². The number of halogens is 1. The number of aliphatic imine (C=N–C) groups is 1. The molecule has 0 aliphatic heterocycles. The molecule has 0 atom stereocenters. The highest BCUT2D eigenvalue weighted by Gasteiger charge is 2.08. The molecular formula is C22H14ClN2O2S2-. The Morgan fingerprint density at radius 3 is 2.76 bits per heavy atom. The van der Waals surface area contributed by atoms with Gasteiger partial charge in [0.15, 0.2) is 0 Å². The van der Waals surface area contributed by atoms with Crippen LogP contribution in [0.1, 0.15) is 20.8 Å². The van der Waals surface area contributed by atoms with Gasteiger partial charge in [-0.2, -0.15) is 0 Å². The molecule has 0 spiro atoms. The molecule has 4 aromatic rings. The topological polar surface area (TPSA) is 65.4 Å². The van der Waals surface area contributed by atoms with Gasteiger partial charge in [0.05, 0.1) is 22.1 Å². The van der Waals surface area contributed by atoms with Crippen LogP contribution >= 0.6 is 34.7 Å². The number of carbonyl (C=O) groups is 1. The van der Waals surface area contributed by atoms with Crippen molar-refractivity contribution in [2.75, 3.05) is 0 Å². The minimum atomic E-state index is -1.22. The van der Waals surface area contributed by atoms with E-state index in [0.29, 0.717) is 10.7 Å². The van der Waals surface area contributed by atoms with Gasteiger partial charge in [0.2, 0.25) is 0 Å². The summed E-state index contributed by atoms with van der Waals surface area (Å²) in [5, 5.41) is 15.4. The molecule has 2 aromatic heterocycles. The fourth-order valence-electron chi connectivity index (χ4n) is 2.75. The first-order chi connectivity index (χ1) is 14.1. The molecule has 144 valence electrons. The van der Waals surface area contributed by atoms with E-state index in [1.54, 1.807) is 29.4 Å². The number of hydrogen-bond acceptors (Lipinski definition) is 6. The van der Waals surface area contributed by atoms with Gasteiger partial charge in [-0.05, 0) is 41.3 Å². The number of fused-ring (bicyclic) bond motifs is 1. The predicted octanol–water partition coefficient (Wildman–Crippen LogP) is 5.36. The molecule has 0 saturated carbocycles. The summed E-state index contributed by atoms with van der Waals surface area (Å²) in [6, 6.07) is 19.3. The number of carbonyl (C=O) groups excluding carboxylic acids is 1. The lowest BCUT2D eigenvalue weighted by Gasteiger charge is -2.08. The average molecular weight is 438 g/mol. The van der Waals surface area contributed by atoms with Crippen LogP contribution in [0.15, 0.2) is 76.1 Å². The fourth-order valence-corrected chi connectivity index (χ4v) is 4.48. The van der Waals surface area contributed by atoms with E-state index in [9.17, 15) is 9.90 Å². The van der Waals surface area contributed by atoms with Crippen molar-refractivity contribution < 1.29 is 9.90 Å². The Hall–Kier alpha value is -2.67. The van der Waals surface area contributed by atoms with Crippen molar-refractivity contribution in [2.45, 2.75) is 10.8 Å². The summed E-state index contributed by atoms with van der Waals surface area (Å²) in [7, 11) is 0. The van der Waals surface area contributed by atoms with Crippen LogP contribution in [0.3, 0.4) is 0 Å². The average Bonchev–Trinajstić information content (AvgIpc) is 3.20. The molecule has 0 N–H and O–H groups in total. The van der Waals surface area contributed by atoms with E-state index in [2.05, 4.69) is 4.99 Å². The summed E-state index contributed by atoms with van der Waals surface area (Å²) < 4.78 is 0. The lowest BCUT2D eigenvalue weighted by atomic mass is 10.2. The second-order valence-corrected chi connectivity index (χ2v) is 8.49. The number of thioether (sulfide) groups is 1. The third-order valence-corrected chi connectivity index (χ3v) is 6.39. The lowest BCUT2D eigenvalue weighted by molar-refractivity contribution is -0.254. The van der Waals surface area contributed by atoms with Crippen LogP contribution in [0.4, 0.5) is 5.69 Å². The zero-order chi connectivity index (χ0) is 20.2. The van der Waals surface area contributed by atoms with E-state index in [4.69, 9.17) is 16.6 Å². The third-order valence-electron chi connectivity index (χ3n) is 4.18. The Balaban J connectivity index is 1.68. The normalized spacial score (nSPS) is 11.3. The largest absolute Gasteiger partial charge is 0.544 e. The maximum atomic E-state index is 11.2. The van der Waals surface area contributed by atoms with Gasteiger partial charge in [-0.25, -0.2) is 4.98 Å². The molecule has 0 aliphatic rings. The van der Waals surface area contributed by atoms with Gasteiger partial charge in [-0.1, -0.05) is 41.9 Å². The lowest BCUT2D eigenvalue weighted by Crippen LogP contribution is -2.20. The first-order valence-electron chi connectivity index (χ1n) is 8.70. The molecule has 4 nitrogen and oxygen atoms in total. The Labute approximate surface area is 180 Å². The summed E-state index contributed by atoms with van der Waals surface area (Å²) >= 11 is 8.66. The minimum absolute atomic E-state index is 0.116. The molecule has 0 amide bonds. The number of carboxylic acids is 1. The van der Waals surface area contributed by atoms with Gasteiger partial charge in [0, 0.05) is 27.9 Å². The van der Waals surface area contributed by atoms with Crippen LogP contribution in [0, 0.1) is 0 Å². The Bertz CT molecular complexity index is 1200. The molecule has 2 aromatic carbocycles. The van der Waals surface area contributed by atoms with Gasteiger partial charge < -0.3 is 9.90 Å². The van der Waals surface area contributed by atoms with E-state index in [1.807, 2.05) is 54.6 Å². The van der Waals surface area contributed by atoms with Crippen molar-refractivity contribution in [1.29, 1.82) is 0 Å². The summed E-state index contributed by atoms with van der Waals surface area (Å²) in [4.78, 5) is 20.5. The van der Waals surface area contributed by atoms with E-state index < -0.39 is 5.97 Å². The number of rotatable bonds is 6. The second-order valence-electron chi connectivity index (χ2n) is 6.17. The quantitative estimate of drug-likeness (QED) is 0.301. The first kappa shape index (κ1) is 19.6. The van der Waals surface area contributed by atoms with Crippen LogP contribution in [-0.2, 0) is 5.75 Å². The highest BCUT2D eigenvalue weighted by atomic mass is 35.5. The molecule has 0 unspecified atom stereocenters. The van der Waals surface area contributed by atoms with Gasteiger partial charge in [0.25, 0.3) is 0 Å². The van der Waals surface area contributed by atoms with E-state index in [0.717, 1.165) is 44.1 Å². The summed E-state index contributed by atoms with van der Waals surface area (Å²) in [5.41, 5.74) is 3.25. The highest BCUT2D eigenvalue weighted by molar-refractivity contribution is 7.98. The van der Waals surface area contributed by atoms with Crippen LogP contribution in [-0.4, -0.2) is 17.2 Å². The van der Waals surface area contributed by atoms with Gasteiger partial charge in [-0.15, -0.1) is 23.1 Å². The fraction of sp³-hybridized carbons (Fsp3) is 0.0455. The van der Waals surface area contributed by atoms with Crippen molar-refractivity contribution >= 4 is 63.5 Å². The number of thiophene rings is 1. The van der Waals surface area contributed by atoms with Crippen molar-refractivity contribution in [1.82, 2.24) is 4.98 Å². The third kappa shape index (κ3) is 4.67. The number of aromatic nitrogens is 1. The zero-order valence-electron chi connectivity index (χ0n) is 15.0. The molecular weight excluding hydrogens is 424 g/mol. The van der Waals surface area contributed by atoms with Gasteiger partial charge in [0.1, 0.15) is 5.03 Å². The highest BCUT2D eigenvalue weighted by Crippen LogP contribution is 2.29. The Morgan fingerprint density at radius 1 is 1.17 bits per heavy atom. The Morgan fingerprint density at radius 2 is 1.97 bits per heavy atom. The maximum Gasteiger partial charge on any atom is 0.106 e. The molecule has 0 aliphatic carbocycles. The zero-order valence-corrected chi connectivity index (χ0v) is 17.4. The van der Waals surface area contributed by atoms with Crippen molar-refractivity contribution in [3.63, 3.8) is 0 Å². The van der Waals surface area contributed by atoms with E-state index >= 15 is 0 Å². The first-order valence-corrected chi connectivity index (χ1v) is 10.9. The molecule has 7 heteroatoms. The molecule has 0 bridgehead atoms. The van der Waals surface area contributed by atoms with Crippen LogP contribution < -0.4 is 5.11 Å². The maximum absolute atomic E-state index is 11.2. The molecule has 2 heterocycles. The van der Waals surface area contributed by atoms with Gasteiger partial charge >= 0.3 is 0 Å². The standard InChI is InChI=1S/C22H15ClN2O2S2/c23-17-7-5-14(6-8-17)13-29-21-16(11-15-3-1-2-4-18(15)25-21)12-24-19-9-10-28-20(19)22(26)27/h1-12H,13H2,(H,26,27)/p-1. The smallest absolute Gasteiger partial charge is 0.106 e. The van der Waals surface area contributed by atoms with E-state index in [1.165, 1.54) is 0 Å². The number of benzene rings is 2. The molecule has 0 radical (unpaired) electrons. The summed E-state index contributed by atoms with van der Waals surface area (Å²) in [6.45, 7) is 0. The number of pyridine rings is 1. The second kappa shape index (κ2) is 8.78. The predicted molar refractivity (Wildman–Crippen MR) is 119 cm³/mol. The molecule has 0 saturated heterocycles. The number of nitrogens with zero attached hydrogens (tertiary/aromatic N) is 2. The number of carboxylic acid groups (broad SMARTS) is 1. The summed E-state index contributed by atoms with van der Waals surface area (Å²) in [6.07, 6.45) is 1.66. The molecule has 0 fully saturated rings. The van der Waals surface area contributed by atoms with E-state index in [-0.39, 0.29) is 4.88 Å². The monoisotopic (exact) mass is 437 g/mol. The van der Waals surface area contributed by atoms with Crippen LogP contribution in [0.5, 0.6) is 0 Å². The molecule has 4 rings (SSSR count). The number of hydrogen-bond donors (Lipinski definition) is 0. The number of para-hydroxylation sites is 1.